The third-order valence-electron chi connectivity index (χ3n) is 3.55. The second-order valence-electron chi connectivity index (χ2n) is 5.24. The zero-order chi connectivity index (χ0) is 15.1. The number of hydroxylamine groups is 2. The number of benzene rings is 1. The molecule has 1 aliphatic heterocycles. The molecular formula is C16H24N2O3. The van der Waals surface area contributed by atoms with Crippen LogP contribution in [-0.2, 0) is 4.84 Å². The topological polar surface area (TPSA) is 50.8 Å². The van der Waals surface area contributed by atoms with Gasteiger partial charge in [0, 0.05) is 0 Å². The van der Waals surface area contributed by atoms with E-state index in [1.165, 1.54) is 5.06 Å². The Morgan fingerprint density at radius 2 is 2.24 bits per heavy atom. The molecule has 1 N–H and O–H groups in total. The Morgan fingerprint density at radius 3 is 2.90 bits per heavy atom. The Hall–Kier alpha value is -1.75. The molecule has 1 aromatic rings. The van der Waals surface area contributed by atoms with E-state index in [4.69, 9.17) is 9.57 Å². The summed E-state index contributed by atoms with van der Waals surface area (Å²) in [6.45, 7) is 5.81. The fourth-order valence-corrected chi connectivity index (χ4v) is 2.18. The Labute approximate surface area is 126 Å². The van der Waals surface area contributed by atoms with E-state index in [2.05, 4.69) is 5.32 Å². The Balaban J connectivity index is 1.82. The highest BCUT2D eigenvalue weighted by Gasteiger charge is 2.19. The summed E-state index contributed by atoms with van der Waals surface area (Å²) in [5.41, 5.74) is 1.10. The molecule has 1 fully saturated rings. The second-order valence-corrected chi connectivity index (χ2v) is 5.24. The molecular weight excluding hydrogens is 268 g/mol. The maximum absolute atomic E-state index is 12.0. The van der Waals surface area contributed by atoms with Gasteiger partial charge in [-0.2, -0.15) is 0 Å². The van der Waals surface area contributed by atoms with Crippen LogP contribution in [0.5, 0.6) is 5.75 Å². The van der Waals surface area contributed by atoms with E-state index in [0.29, 0.717) is 19.7 Å². The molecule has 0 aromatic heterocycles. The van der Waals surface area contributed by atoms with Crippen LogP contribution in [0.1, 0.15) is 31.7 Å². The summed E-state index contributed by atoms with van der Waals surface area (Å²) in [7, 11) is 0. The summed E-state index contributed by atoms with van der Waals surface area (Å²) < 4.78 is 5.96. The van der Waals surface area contributed by atoms with Crippen molar-refractivity contribution < 1.29 is 14.4 Å². The quantitative estimate of drug-likeness (QED) is 0.908. The average molecular weight is 292 g/mol. The lowest BCUT2D eigenvalue weighted by Crippen LogP contribution is -2.45. The SMILES string of the molecule is CCC(CNC(=O)N1CCCCO1)Oc1ccccc1C. The molecule has 1 aromatic carbocycles. The molecule has 1 unspecified atom stereocenters. The highest BCUT2D eigenvalue weighted by molar-refractivity contribution is 5.73. The van der Waals surface area contributed by atoms with Crippen molar-refractivity contribution in [3.05, 3.63) is 29.8 Å². The summed E-state index contributed by atoms with van der Waals surface area (Å²) >= 11 is 0. The first-order valence-corrected chi connectivity index (χ1v) is 7.61. The molecule has 116 valence electrons. The van der Waals surface area contributed by atoms with Gasteiger partial charge in [0.15, 0.2) is 0 Å². The van der Waals surface area contributed by atoms with Gasteiger partial charge < -0.3 is 10.1 Å². The standard InChI is InChI=1S/C16H24N2O3/c1-3-14(21-15-9-5-4-8-13(15)2)12-17-16(19)18-10-6-7-11-20-18/h4-5,8-9,14H,3,6-7,10-12H2,1-2H3,(H,17,19). The van der Waals surface area contributed by atoms with Crippen LogP contribution in [-0.4, -0.2) is 36.9 Å². The number of hydrogen-bond donors (Lipinski definition) is 1. The highest BCUT2D eigenvalue weighted by atomic mass is 16.7. The molecule has 0 radical (unpaired) electrons. The van der Waals surface area contributed by atoms with Crippen LogP contribution in [0.25, 0.3) is 0 Å². The van der Waals surface area contributed by atoms with Crippen molar-refractivity contribution in [3.8, 4) is 5.75 Å². The molecule has 0 bridgehead atoms. The number of nitrogens with one attached hydrogen (secondary N) is 1. The van der Waals surface area contributed by atoms with Crippen molar-refractivity contribution in [3.63, 3.8) is 0 Å². The van der Waals surface area contributed by atoms with Gasteiger partial charge in [0.25, 0.3) is 0 Å². The van der Waals surface area contributed by atoms with Crippen molar-refractivity contribution in [2.24, 2.45) is 0 Å². The number of nitrogens with zero attached hydrogens (tertiary/aromatic N) is 1. The van der Waals surface area contributed by atoms with E-state index in [1.807, 2.05) is 38.1 Å². The van der Waals surface area contributed by atoms with Gasteiger partial charge in [-0.3, -0.25) is 4.84 Å². The number of carbonyl (C=O) groups is 1. The molecule has 1 heterocycles. The first-order valence-electron chi connectivity index (χ1n) is 7.61. The molecule has 0 saturated carbocycles. The van der Waals surface area contributed by atoms with E-state index < -0.39 is 0 Å². The minimum Gasteiger partial charge on any atom is -0.488 e. The maximum Gasteiger partial charge on any atom is 0.341 e. The molecule has 5 nitrogen and oxygen atoms in total. The first kappa shape index (κ1) is 15.6. The van der Waals surface area contributed by atoms with Crippen molar-refractivity contribution in [1.82, 2.24) is 10.4 Å². The molecule has 2 amide bonds. The van der Waals surface area contributed by atoms with Crippen LogP contribution >= 0.6 is 0 Å². The number of hydrogen-bond acceptors (Lipinski definition) is 3. The lowest BCUT2D eigenvalue weighted by atomic mass is 10.2. The molecule has 2 rings (SSSR count). The third kappa shape index (κ3) is 4.63. The van der Waals surface area contributed by atoms with Crippen molar-refractivity contribution in [2.45, 2.75) is 39.2 Å². The van der Waals surface area contributed by atoms with Crippen LogP contribution in [0, 0.1) is 6.92 Å². The van der Waals surface area contributed by atoms with Gasteiger partial charge in [-0.1, -0.05) is 25.1 Å². The molecule has 21 heavy (non-hydrogen) atoms. The van der Waals surface area contributed by atoms with Gasteiger partial charge >= 0.3 is 6.03 Å². The van der Waals surface area contributed by atoms with E-state index >= 15 is 0 Å². The fourth-order valence-electron chi connectivity index (χ4n) is 2.18. The molecule has 1 aliphatic rings. The predicted octanol–water partition coefficient (Wildman–Crippen LogP) is 2.89. The van der Waals surface area contributed by atoms with E-state index in [0.717, 1.165) is 30.6 Å². The number of rotatable bonds is 5. The smallest absolute Gasteiger partial charge is 0.341 e. The van der Waals surface area contributed by atoms with Gasteiger partial charge in [0.05, 0.1) is 19.7 Å². The van der Waals surface area contributed by atoms with E-state index in [1.54, 1.807) is 0 Å². The molecule has 1 saturated heterocycles. The Morgan fingerprint density at radius 1 is 1.43 bits per heavy atom. The van der Waals surface area contributed by atoms with Crippen LogP contribution in [0.3, 0.4) is 0 Å². The normalized spacial score (nSPS) is 16.4. The Bertz CT molecular complexity index is 459. The van der Waals surface area contributed by atoms with E-state index in [9.17, 15) is 4.79 Å². The summed E-state index contributed by atoms with van der Waals surface area (Å²) in [5.74, 6) is 0.868. The second kappa shape index (κ2) is 7.88. The number of carbonyl (C=O) groups excluding carboxylic acids is 1. The highest BCUT2D eigenvalue weighted by Crippen LogP contribution is 2.18. The van der Waals surface area contributed by atoms with Gasteiger partial charge in [-0.05, 0) is 37.8 Å². The predicted molar refractivity (Wildman–Crippen MR) is 81.2 cm³/mol. The van der Waals surface area contributed by atoms with Gasteiger partial charge in [-0.25, -0.2) is 9.86 Å². The molecule has 5 heteroatoms. The largest absolute Gasteiger partial charge is 0.488 e. The number of ether oxygens (including phenoxy) is 1. The third-order valence-corrected chi connectivity index (χ3v) is 3.55. The van der Waals surface area contributed by atoms with Crippen molar-refractivity contribution >= 4 is 6.03 Å². The van der Waals surface area contributed by atoms with Crippen LogP contribution < -0.4 is 10.1 Å². The number of para-hydroxylation sites is 1. The zero-order valence-corrected chi connectivity index (χ0v) is 12.8. The van der Waals surface area contributed by atoms with Crippen molar-refractivity contribution in [1.29, 1.82) is 0 Å². The van der Waals surface area contributed by atoms with Crippen LogP contribution in [0.2, 0.25) is 0 Å². The number of amides is 2. The van der Waals surface area contributed by atoms with Gasteiger partial charge in [0.2, 0.25) is 0 Å². The summed E-state index contributed by atoms with van der Waals surface area (Å²) in [6.07, 6.45) is 2.79. The van der Waals surface area contributed by atoms with Crippen LogP contribution in [0.4, 0.5) is 4.79 Å². The number of urea groups is 1. The van der Waals surface area contributed by atoms with Gasteiger partial charge in [-0.15, -0.1) is 0 Å². The average Bonchev–Trinajstić information content (AvgIpc) is 2.53. The lowest BCUT2D eigenvalue weighted by Gasteiger charge is -2.27. The van der Waals surface area contributed by atoms with Crippen molar-refractivity contribution in [2.75, 3.05) is 19.7 Å². The maximum atomic E-state index is 12.0. The molecule has 0 spiro atoms. The Kier molecular flexibility index (Phi) is 5.87. The minimum atomic E-state index is -0.179. The fraction of sp³-hybridized carbons (Fsp3) is 0.562. The summed E-state index contributed by atoms with van der Waals surface area (Å²) in [4.78, 5) is 17.3. The first-order chi connectivity index (χ1) is 10.2. The van der Waals surface area contributed by atoms with E-state index in [-0.39, 0.29) is 12.1 Å². The number of aryl methyl sites for hydroxylation is 1. The van der Waals surface area contributed by atoms with Crippen LogP contribution in [0.15, 0.2) is 24.3 Å². The van der Waals surface area contributed by atoms with Gasteiger partial charge in [0.1, 0.15) is 11.9 Å². The minimum absolute atomic E-state index is 0.0418. The molecule has 1 atom stereocenters. The molecule has 0 aliphatic carbocycles. The lowest BCUT2D eigenvalue weighted by molar-refractivity contribution is -0.139. The summed E-state index contributed by atoms with van der Waals surface area (Å²) in [6, 6.07) is 7.73. The zero-order valence-electron chi connectivity index (χ0n) is 12.8. The monoisotopic (exact) mass is 292 g/mol. The summed E-state index contributed by atoms with van der Waals surface area (Å²) in [5, 5.41) is 4.29.